The second-order valence-corrected chi connectivity index (χ2v) is 6.37. The van der Waals surface area contributed by atoms with Crippen molar-refractivity contribution in [3.63, 3.8) is 0 Å². The van der Waals surface area contributed by atoms with Crippen molar-refractivity contribution in [1.29, 1.82) is 0 Å². The maximum absolute atomic E-state index is 11.6. The van der Waals surface area contributed by atoms with Gasteiger partial charge < -0.3 is 5.32 Å². The molecule has 0 saturated heterocycles. The number of rotatable bonds is 5. The maximum Gasteiger partial charge on any atom is 0.223 e. The summed E-state index contributed by atoms with van der Waals surface area (Å²) in [6, 6.07) is 6.52. The molecule has 2 nitrogen and oxygen atoms in total. The zero-order valence-electron chi connectivity index (χ0n) is 11.3. The fourth-order valence-electron chi connectivity index (χ4n) is 1.97. The highest BCUT2D eigenvalue weighted by molar-refractivity contribution is 7.99. The molecule has 1 aliphatic rings. The third-order valence-electron chi connectivity index (χ3n) is 3.59. The van der Waals surface area contributed by atoms with Crippen LogP contribution in [0.3, 0.4) is 0 Å². The van der Waals surface area contributed by atoms with Gasteiger partial charge in [0, 0.05) is 23.1 Å². The van der Waals surface area contributed by atoms with E-state index in [1.807, 2.05) is 0 Å². The molecule has 18 heavy (non-hydrogen) atoms. The quantitative estimate of drug-likeness (QED) is 0.653. The summed E-state index contributed by atoms with van der Waals surface area (Å²) >= 11 is 1.80. The molecule has 1 N–H and O–H groups in total. The van der Waals surface area contributed by atoms with Crippen molar-refractivity contribution in [3.05, 3.63) is 29.3 Å². The Hall–Kier alpha value is -0.960. The maximum atomic E-state index is 11.6. The summed E-state index contributed by atoms with van der Waals surface area (Å²) in [5.41, 5.74) is 2.66. The van der Waals surface area contributed by atoms with Crippen LogP contribution in [0.5, 0.6) is 0 Å². The number of carbonyl (C=O) groups is 1. The van der Waals surface area contributed by atoms with Crippen molar-refractivity contribution in [1.82, 2.24) is 5.32 Å². The Bertz CT molecular complexity index is 444. The summed E-state index contributed by atoms with van der Waals surface area (Å²) in [6.45, 7) is 7.16. The van der Waals surface area contributed by atoms with E-state index in [-0.39, 0.29) is 11.8 Å². The molecule has 0 aliphatic heterocycles. The van der Waals surface area contributed by atoms with Crippen molar-refractivity contribution < 1.29 is 4.79 Å². The van der Waals surface area contributed by atoms with Gasteiger partial charge in [-0.3, -0.25) is 4.79 Å². The smallest absolute Gasteiger partial charge is 0.223 e. The lowest BCUT2D eigenvalue weighted by atomic mass is 10.1. The molecule has 2 rings (SSSR count). The normalized spacial score (nSPS) is 21.7. The fraction of sp³-hybridized carbons (Fsp3) is 0.533. The van der Waals surface area contributed by atoms with Crippen LogP contribution in [-0.2, 0) is 4.79 Å². The van der Waals surface area contributed by atoms with E-state index in [0.717, 1.165) is 18.7 Å². The van der Waals surface area contributed by atoms with Gasteiger partial charge in [-0.15, -0.1) is 11.8 Å². The van der Waals surface area contributed by atoms with Crippen LogP contribution in [0.15, 0.2) is 23.1 Å². The fourth-order valence-corrected chi connectivity index (χ4v) is 2.83. The molecule has 0 aromatic heterocycles. The predicted octanol–water partition coefficient (Wildman–Crippen LogP) is 3.17. The molecule has 1 aromatic rings. The second kappa shape index (κ2) is 5.79. The summed E-state index contributed by atoms with van der Waals surface area (Å²) in [5.74, 6) is 2.06. The molecule has 1 fully saturated rings. The minimum absolute atomic E-state index is 0.239. The van der Waals surface area contributed by atoms with Crippen LogP contribution in [0.1, 0.15) is 24.5 Å². The number of carbonyl (C=O) groups excluding carboxylic acids is 1. The number of nitrogens with one attached hydrogen (secondary N) is 1. The Labute approximate surface area is 114 Å². The van der Waals surface area contributed by atoms with Crippen LogP contribution in [0.2, 0.25) is 0 Å². The summed E-state index contributed by atoms with van der Waals surface area (Å²) in [7, 11) is 0. The second-order valence-electron chi connectivity index (χ2n) is 5.21. The lowest BCUT2D eigenvalue weighted by molar-refractivity contribution is -0.122. The van der Waals surface area contributed by atoms with Crippen LogP contribution in [0.4, 0.5) is 0 Å². The summed E-state index contributed by atoms with van der Waals surface area (Å²) < 4.78 is 0. The zero-order chi connectivity index (χ0) is 13.1. The average molecular weight is 263 g/mol. The van der Waals surface area contributed by atoms with E-state index in [1.54, 1.807) is 11.8 Å². The molecule has 0 radical (unpaired) electrons. The first-order chi connectivity index (χ1) is 8.58. The Morgan fingerprint density at radius 2 is 2.11 bits per heavy atom. The van der Waals surface area contributed by atoms with Gasteiger partial charge in [-0.05, 0) is 49.4 Å². The third-order valence-corrected chi connectivity index (χ3v) is 4.59. The Balaban J connectivity index is 1.68. The topological polar surface area (TPSA) is 29.1 Å². The lowest BCUT2D eigenvalue weighted by Crippen LogP contribution is -2.27. The highest BCUT2D eigenvalue weighted by atomic mass is 32.2. The van der Waals surface area contributed by atoms with E-state index in [4.69, 9.17) is 0 Å². The van der Waals surface area contributed by atoms with E-state index in [2.05, 4.69) is 44.3 Å². The number of benzene rings is 1. The SMILES string of the molecule is Cc1ccc(SCCNC(=O)C2CC2C)cc1C. The Morgan fingerprint density at radius 1 is 1.39 bits per heavy atom. The van der Waals surface area contributed by atoms with Crippen molar-refractivity contribution in [2.75, 3.05) is 12.3 Å². The van der Waals surface area contributed by atoms with Crippen molar-refractivity contribution in [3.8, 4) is 0 Å². The molecule has 1 amide bonds. The number of hydrogen-bond donors (Lipinski definition) is 1. The largest absolute Gasteiger partial charge is 0.355 e. The average Bonchev–Trinajstić information content (AvgIpc) is 3.06. The van der Waals surface area contributed by atoms with E-state index in [0.29, 0.717) is 5.92 Å². The predicted molar refractivity (Wildman–Crippen MR) is 76.9 cm³/mol. The van der Waals surface area contributed by atoms with E-state index >= 15 is 0 Å². The summed E-state index contributed by atoms with van der Waals surface area (Å²) in [4.78, 5) is 12.9. The third kappa shape index (κ3) is 3.52. The molecular formula is C15H21NOS. The number of amides is 1. The van der Waals surface area contributed by atoms with E-state index in [9.17, 15) is 4.79 Å². The Kier molecular flexibility index (Phi) is 4.33. The minimum atomic E-state index is 0.239. The molecule has 0 heterocycles. The number of hydrogen-bond acceptors (Lipinski definition) is 2. The molecule has 1 aliphatic carbocycles. The van der Waals surface area contributed by atoms with Crippen molar-refractivity contribution >= 4 is 17.7 Å². The molecule has 0 spiro atoms. The minimum Gasteiger partial charge on any atom is -0.355 e. The van der Waals surface area contributed by atoms with Gasteiger partial charge >= 0.3 is 0 Å². The number of thioether (sulfide) groups is 1. The van der Waals surface area contributed by atoms with Crippen LogP contribution >= 0.6 is 11.8 Å². The standard InChI is InChI=1S/C15H21NOS/c1-10-4-5-13(8-11(10)2)18-7-6-16-15(17)14-9-12(14)3/h4-5,8,12,14H,6-7,9H2,1-3H3,(H,16,17). The van der Waals surface area contributed by atoms with Gasteiger partial charge in [-0.2, -0.15) is 0 Å². The van der Waals surface area contributed by atoms with Crippen LogP contribution in [0.25, 0.3) is 0 Å². The molecule has 1 aromatic carbocycles. The van der Waals surface area contributed by atoms with Gasteiger partial charge in [-0.25, -0.2) is 0 Å². The zero-order valence-corrected chi connectivity index (χ0v) is 12.1. The lowest BCUT2D eigenvalue weighted by Gasteiger charge is -2.06. The molecule has 98 valence electrons. The van der Waals surface area contributed by atoms with Crippen LogP contribution < -0.4 is 5.32 Å². The van der Waals surface area contributed by atoms with Gasteiger partial charge in [-0.1, -0.05) is 13.0 Å². The molecule has 3 heteroatoms. The van der Waals surface area contributed by atoms with E-state index in [1.165, 1.54) is 16.0 Å². The Morgan fingerprint density at radius 3 is 2.72 bits per heavy atom. The van der Waals surface area contributed by atoms with Gasteiger partial charge in [0.2, 0.25) is 5.91 Å². The van der Waals surface area contributed by atoms with Gasteiger partial charge in [0.05, 0.1) is 0 Å². The summed E-state index contributed by atoms with van der Waals surface area (Å²) in [6.07, 6.45) is 1.07. The van der Waals surface area contributed by atoms with Crippen LogP contribution in [-0.4, -0.2) is 18.2 Å². The molecule has 2 atom stereocenters. The van der Waals surface area contributed by atoms with Crippen LogP contribution in [0, 0.1) is 25.7 Å². The van der Waals surface area contributed by atoms with Gasteiger partial charge in [0.25, 0.3) is 0 Å². The first-order valence-corrected chi connectivity index (χ1v) is 7.54. The monoisotopic (exact) mass is 263 g/mol. The molecule has 0 bridgehead atoms. The van der Waals surface area contributed by atoms with Crippen molar-refractivity contribution in [2.24, 2.45) is 11.8 Å². The molecular weight excluding hydrogens is 242 g/mol. The summed E-state index contributed by atoms with van der Waals surface area (Å²) in [5, 5.41) is 3.01. The van der Waals surface area contributed by atoms with E-state index < -0.39 is 0 Å². The van der Waals surface area contributed by atoms with Gasteiger partial charge in [0.15, 0.2) is 0 Å². The highest BCUT2D eigenvalue weighted by Crippen LogP contribution is 2.37. The first kappa shape index (κ1) is 13.5. The number of aryl methyl sites for hydroxylation is 2. The molecule has 2 unspecified atom stereocenters. The first-order valence-electron chi connectivity index (χ1n) is 6.55. The van der Waals surface area contributed by atoms with Crippen molar-refractivity contribution in [2.45, 2.75) is 32.1 Å². The highest BCUT2D eigenvalue weighted by Gasteiger charge is 2.38. The molecule has 1 saturated carbocycles. The van der Waals surface area contributed by atoms with Gasteiger partial charge in [0.1, 0.15) is 0 Å².